The van der Waals surface area contributed by atoms with E-state index in [2.05, 4.69) is 11.4 Å². The van der Waals surface area contributed by atoms with Gasteiger partial charge < -0.3 is 14.8 Å². The van der Waals surface area contributed by atoms with Gasteiger partial charge in [-0.2, -0.15) is 5.26 Å². The molecule has 18 heavy (non-hydrogen) atoms. The summed E-state index contributed by atoms with van der Waals surface area (Å²) < 4.78 is 11.0. The number of methoxy groups -OCH3 is 1. The highest BCUT2D eigenvalue weighted by Gasteiger charge is 2.05. The maximum atomic E-state index is 8.44. The minimum atomic E-state index is 0.584. The number of benzene rings is 1. The first kappa shape index (κ1) is 14.3. The number of ether oxygens (including phenoxy) is 2. The number of hydrogen-bond acceptors (Lipinski definition) is 4. The fourth-order valence-corrected chi connectivity index (χ4v) is 1.64. The van der Waals surface area contributed by atoms with Gasteiger partial charge in [-0.1, -0.05) is 6.07 Å². The van der Waals surface area contributed by atoms with Crippen molar-refractivity contribution < 1.29 is 9.47 Å². The molecule has 0 fully saturated rings. The zero-order valence-corrected chi connectivity index (χ0v) is 11.0. The van der Waals surface area contributed by atoms with E-state index >= 15 is 0 Å². The Balaban J connectivity index is 2.55. The molecule has 0 saturated heterocycles. The molecule has 1 N–H and O–H groups in total. The van der Waals surface area contributed by atoms with Gasteiger partial charge in [-0.15, -0.1) is 0 Å². The highest BCUT2D eigenvalue weighted by Crippen LogP contribution is 2.28. The molecule has 0 heterocycles. The number of hydrogen-bond donors (Lipinski definition) is 1. The Bertz CT molecular complexity index is 399. The van der Waals surface area contributed by atoms with Crippen LogP contribution in [0, 0.1) is 11.3 Å². The average molecular weight is 248 g/mol. The van der Waals surface area contributed by atoms with E-state index < -0.39 is 0 Å². The number of nitrogens with one attached hydrogen (secondary N) is 1. The summed E-state index contributed by atoms with van der Waals surface area (Å²) in [5, 5.41) is 11.5. The van der Waals surface area contributed by atoms with Crippen molar-refractivity contribution in [2.45, 2.75) is 25.8 Å². The van der Waals surface area contributed by atoms with Crippen molar-refractivity contribution >= 4 is 0 Å². The molecule has 4 heteroatoms. The standard InChI is InChI=1S/C14H20N2O2/c1-16-11-12-6-7-13(17-2)14(10-12)18-9-5-3-4-8-15/h6-7,10,16H,3-5,9,11H2,1-2H3. The Labute approximate surface area is 109 Å². The first-order valence-electron chi connectivity index (χ1n) is 6.13. The van der Waals surface area contributed by atoms with Crippen molar-refractivity contribution in [3.8, 4) is 17.6 Å². The molecule has 1 rings (SSSR count). The van der Waals surface area contributed by atoms with E-state index in [1.807, 2.05) is 25.2 Å². The Morgan fingerprint density at radius 3 is 2.78 bits per heavy atom. The second-order valence-electron chi connectivity index (χ2n) is 3.98. The van der Waals surface area contributed by atoms with Crippen molar-refractivity contribution in [1.29, 1.82) is 5.26 Å². The van der Waals surface area contributed by atoms with Crippen molar-refractivity contribution in [3.05, 3.63) is 23.8 Å². The van der Waals surface area contributed by atoms with Crippen LogP contribution < -0.4 is 14.8 Å². The summed E-state index contributed by atoms with van der Waals surface area (Å²) in [6.45, 7) is 1.41. The Morgan fingerprint density at radius 1 is 1.28 bits per heavy atom. The number of unbranched alkanes of at least 4 members (excludes halogenated alkanes) is 2. The third-order valence-electron chi connectivity index (χ3n) is 2.55. The summed E-state index contributed by atoms with van der Waals surface area (Å²) in [5.41, 5.74) is 1.16. The molecule has 0 saturated carbocycles. The van der Waals surface area contributed by atoms with E-state index in [0.717, 1.165) is 36.4 Å². The molecular formula is C14H20N2O2. The van der Waals surface area contributed by atoms with Gasteiger partial charge in [-0.05, 0) is 37.6 Å². The average Bonchev–Trinajstić information content (AvgIpc) is 2.39. The molecule has 1 aromatic rings. The van der Waals surface area contributed by atoms with Crippen LogP contribution in [0.25, 0.3) is 0 Å². The quantitative estimate of drug-likeness (QED) is 0.718. The van der Waals surface area contributed by atoms with Gasteiger partial charge in [0.05, 0.1) is 19.8 Å². The smallest absolute Gasteiger partial charge is 0.161 e. The van der Waals surface area contributed by atoms with Crippen molar-refractivity contribution in [2.75, 3.05) is 20.8 Å². The maximum absolute atomic E-state index is 8.44. The second kappa shape index (κ2) is 8.37. The molecule has 0 aliphatic rings. The Morgan fingerprint density at radius 2 is 2.11 bits per heavy atom. The highest BCUT2D eigenvalue weighted by molar-refractivity contribution is 5.42. The topological polar surface area (TPSA) is 54.3 Å². The summed E-state index contributed by atoms with van der Waals surface area (Å²) in [6.07, 6.45) is 2.34. The second-order valence-corrected chi connectivity index (χ2v) is 3.98. The molecular weight excluding hydrogens is 228 g/mol. The van der Waals surface area contributed by atoms with Gasteiger partial charge in [-0.3, -0.25) is 0 Å². The fourth-order valence-electron chi connectivity index (χ4n) is 1.64. The zero-order chi connectivity index (χ0) is 13.2. The van der Waals surface area contributed by atoms with Crippen molar-refractivity contribution in [2.24, 2.45) is 0 Å². The lowest BCUT2D eigenvalue weighted by molar-refractivity contribution is 0.286. The summed E-state index contributed by atoms with van der Waals surface area (Å²) in [5.74, 6) is 1.51. The highest BCUT2D eigenvalue weighted by atomic mass is 16.5. The van der Waals surface area contributed by atoms with Crippen LogP contribution in [0.4, 0.5) is 0 Å². The van der Waals surface area contributed by atoms with Gasteiger partial charge in [0.25, 0.3) is 0 Å². The van der Waals surface area contributed by atoms with E-state index in [-0.39, 0.29) is 0 Å². The molecule has 0 unspecified atom stereocenters. The molecule has 0 aromatic heterocycles. The van der Waals surface area contributed by atoms with Crippen LogP contribution in [0.5, 0.6) is 11.5 Å². The molecule has 0 aliphatic heterocycles. The lowest BCUT2D eigenvalue weighted by atomic mass is 10.2. The van der Waals surface area contributed by atoms with E-state index in [4.69, 9.17) is 14.7 Å². The van der Waals surface area contributed by atoms with E-state index in [1.165, 1.54) is 0 Å². The predicted octanol–water partition coefficient (Wildman–Crippen LogP) is 2.49. The van der Waals surface area contributed by atoms with Crippen LogP contribution >= 0.6 is 0 Å². The van der Waals surface area contributed by atoms with Crippen LogP contribution in [0.15, 0.2) is 18.2 Å². The maximum Gasteiger partial charge on any atom is 0.161 e. The molecule has 0 atom stereocenters. The minimum Gasteiger partial charge on any atom is -0.493 e. The first-order valence-corrected chi connectivity index (χ1v) is 6.13. The Kier molecular flexibility index (Phi) is 6.67. The van der Waals surface area contributed by atoms with Gasteiger partial charge in [-0.25, -0.2) is 0 Å². The predicted molar refractivity (Wildman–Crippen MR) is 70.7 cm³/mol. The minimum absolute atomic E-state index is 0.584. The lowest BCUT2D eigenvalue weighted by Crippen LogP contribution is -2.06. The third-order valence-corrected chi connectivity index (χ3v) is 2.55. The lowest BCUT2D eigenvalue weighted by Gasteiger charge is -2.12. The molecule has 0 aliphatic carbocycles. The molecule has 0 bridgehead atoms. The van der Waals surface area contributed by atoms with E-state index in [1.54, 1.807) is 7.11 Å². The van der Waals surface area contributed by atoms with Crippen LogP contribution in [0.2, 0.25) is 0 Å². The molecule has 0 radical (unpaired) electrons. The monoisotopic (exact) mass is 248 g/mol. The van der Waals surface area contributed by atoms with E-state index in [0.29, 0.717) is 13.0 Å². The van der Waals surface area contributed by atoms with Crippen molar-refractivity contribution in [1.82, 2.24) is 5.32 Å². The van der Waals surface area contributed by atoms with Gasteiger partial charge in [0.1, 0.15) is 0 Å². The zero-order valence-electron chi connectivity index (χ0n) is 11.0. The molecule has 98 valence electrons. The summed E-state index contributed by atoms with van der Waals surface area (Å²) in [4.78, 5) is 0. The molecule has 1 aromatic carbocycles. The number of nitrogens with zero attached hydrogens (tertiary/aromatic N) is 1. The largest absolute Gasteiger partial charge is 0.493 e. The SMILES string of the molecule is CNCc1ccc(OC)c(OCCCCC#N)c1. The van der Waals surface area contributed by atoms with Crippen LogP contribution in [0.3, 0.4) is 0 Å². The van der Waals surface area contributed by atoms with E-state index in [9.17, 15) is 0 Å². The number of rotatable bonds is 8. The van der Waals surface area contributed by atoms with Gasteiger partial charge in [0.15, 0.2) is 11.5 Å². The summed E-state index contributed by atoms with van der Waals surface area (Å²) in [7, 11) is 3.54. The summed E-state index contributed by atoms with van der Waals surface area (Å²) >= 11 is 0. The molecule has 0 spiro atoms. The van der Waals surface area contributed by atoms with Gasteiger partial charge >= 0.3 is 0 Å². The molecule has 4 nitrogen and oxygen atoms in total. The van der Waals surface area contributed by atoms with Crippen LogP contribution in [0.1, 0.15) is 24.8 Å². The number of nitriles is 1. The van der Waals surface area contributed by atoms with Crippen molar-refractivity contribution in [3.63, 3.8) is 0 Å². The summed E-state index contributed by atoms with van der Waals surface area (Å²) in [6, 6.07) is 8.04. The third kappa shape index (κ3) is 4.64. The van der Waals surface area contributed by atoms with Crippen LogP contribution in [-0.2, 0) is 6.54 Å². The normalized spacial score (nSPS) is 9.83. The Hall–Kier alpha value is -1.73. The van der Waals surface area contributed by atoms with Crippen LogP contribution in [-0.4, -0.2) is 20.8 Å². The van der Waals surface area contributed by atoms with Gasteiger partial charge in [0.2, 0.25) is 0 Å². The first-order chi connectivity index (χ1) is 8.81. The fraction of sp³-hybridized carbons (Fsp3) is 0.500. The molecule has 0 amide bonds. The van der Waals surface area contributed by atoms with Gasteiger partial charge in [0, 0.05) is 13.0 Å².